The Balaban J connectivity index is 0.00000341. The molecule has 2 N–H and O–H groups in total. The van der Waals surface area contributed by atoms with Crippen molar-refractivity contribution in [2.24, 2.45) is 4.99 Å². The molecule has 1 aliphatic rings. The van der Waals surface area contributed by atoms with Crippen molar-refractivity contribution >= 4 is 53.3 Å². The predicted molar refractivity (Wildman–Crippen MR) is 139 cm³/mol. The van der Waals surface area contributed by atoms with Gasteiger partial charge in [0.05, 0.1) is 11.2 Å². The van der Waals surface area contributed by atoms with Gasteiger partial charge in [0, 0.05) is 52.9 Å². The van der Waals surface area contributed by atoms with Crippen molar-refractivity contribution in [3.8, 4) is 0 Å². The zero-order valence-corrected chi connectivity index (χ0v) is 21.2. The van der Waals surface area contributed by atoms with Crippen LogP contribution in [0.25, 0.3) is 6.08 Å². The highest BCUT2D eigenvalue weighted by atomic mass is 127. The third-order valence-corrected chi connectivity index (χ3v) is 5.93. The number of carbonyl (C=O) groups is 1. The van der Waals surface area contributed by atoms with Crippen LogP contribution in [0.4, 0.5) is 0 Å². The van der Waals surface area contributed by atoms with Crippen molar-refractivity contribution in [1.82, 2.24) is 25.4 Å². The van der Waals surface area contributed by atoms with Gasteiger partial charge in [-0.3, -0.25) is 14.7 Å². The molecule has 31 heavy (non-hydrogen) atoms. The summed E-state index contributed by atoms with van der Waals surface area (Å²) in [6.45, 7) is 7.86. The maximum atomic E-state index is 12.1. The lowest BCUT2D eigenvalue weighted by molar-refractivity contribution is 0.0957. The van der Waals surface area contributed by atoms with Gasteiger partial charge in [0.25, 0.3) is 5.91 Å². The Labute approximate surface area is 205 Å². The lowest BCUT2D eigenvalue weighted by Gasteiger charge is -2.36. The Hall–Kier alpha value is -1.98. The molecule has 9 heteroatoms. The van der Waals surface area contributed by atoms with E-state index in [0.29, 0.717) is 18.0 Å². The molecule has 1 aliphatic heterocycles. The first-order valence-electron chi connectivity index (χ1n) is 10.2. The highest BCUT2D eigenvalue weighted by Gasteiger charge is 2.18. The number of halogens is 1. The third kappa shape index (κ3) is 7.89. The summed E-state index contributed by atoms with van der Waals surface area (Å²) in [4.78, 5) is 26.0. The van der Waals surface area contributed by atoms with E-state index in [2.05, 4.69) is 66.8 Å². The highest BCUT2D eigenvalue weighted by Crippen LogP contribution is 2.11. The van der Waals surface area contributed by atoms with E-state index in [4.69, 9.17) is 0 Å². The maximum Gasteiger partial charge on any atom is 0.263 e. The number of nitrogens with one attached hydrogen (secondary N) is 2. The molecule has 0 atom stereocenters. The van der Waals surface area contributed by atoms with Crippen molar-refractivity contribution in [1.29, 1.82) is 0 Å². The number of hydrogen-bond donors (Lipinski definition) is 2. The molecule has 1 aromatic heterocycles. The fourth-order valence-corrected chi connectivity index (χ4v) is 4.05. The van der Waals surface area contributed by atoms with Crippen molar-refractivity contribution < 1.29 is 4.79 Å². The first-order valence-corrected chi connectivity index (χ1v) is 11.1. The number of aryl methyl sites for hydroxylation is 1. The monoisotopic (exact) mass is 554 g/mol. The number of aliphatic imine (C=N–C) groups is 1. The van der Waals surface area contributed by atoms with E-state index < -0.39 is 0 Å². The minimum absolute atomic E-state index is 0. The quantitative estimate of drug-likeness (QED) is 0.239. The number of aromatic nitrogens is 1. The molecule has 1 aromatic carbocycles. The van der Waals surface area contributed by atoms with Gasteiger partial charge in [-0.25, -0.2) is 4.98 Å². The van der Waals surface area contributed by atoms with Crippen LogP contribution < -0.4 is 10.6 Å². The Morgan fingerprint density at radius 3 is 2.52 bits per heavy atom. The molecule has 0 unspecified atom stereocenters. The highest BCUT2D eigenvalue weighted by molar-refractivity contribution is 14.0. The Bertz CT molecular complexity index is 862. The van der Waals surface area contributed by atoms with Gasteiger partial charge in [-0.1, -0.05) is 42.5 Å². The van der Waals surface area contributed by atoms with Gasteiger partial charge in [0.15, 0.2) is 5.96 Å². The van der Waals surface area contributed by atoms with Crippen molar-refractivity contribution in [2.45, 2.75) is 6.92 Å². The number of carbonyl (C=O) groups excluding carboxylic acids is 1. The van der Waals surface area contributed by atoms with Crippen LogP contribution >= 0.6 is 35.3 Å². The fourth-order valence-electron chi connectivity index (χ4n) is 3.33. The second-order valence-corrected chi connectivity index (χ2v) is 7.95. The molecule has 3 rings (SSSR count). The van der Waals surface area contributed by atoms with Gasteiger partial charge < -0.3 is 15.5 Å². The molecule has 168 valence electrons. The molecule has 0 radical (unpaired) electrons. The lowest BCUT2D eigenvalue weighted by atomic mass is 10.2. The van der Waals surface area contributed by atoms with E-state index in [1.165, 1.54) is 16.9 Å². The number of amides is 1. The van der Waals surface area contributed by atoms with Crippen LogP contribution in [0.3, 0.4) is 0 Å². The van der Waals surface area contributed by atoms with Crippen LogP contribution in [-0.2, 0) is 0 Å². The molecule has 1 saturated heterocycles. The smallest absolute Gasteiger partial charge is 0.263 e. The lowest BCUT2D eigenvalue weighted by Crippen LogP contribution is -2.53. The summed E-state index contributed by atoms with van der Waals surface area (Å²) in [6, 6.07) is 10.4. The summed E-state index contributed by atoms with van der Waals surface area (Å²) in [5, 5.41) is 6.28. The number of rotatable bonds is 7. The van der Waals surface area contributed by atoms with Crippen LogP contribution in [0.5, 0.6) is 0 Å². The molecule has 1 amide bonds. The normalized spacial score (nSPS) is 15.0. The second kappa shape index (κ2) is 13.4. The van der Waals surface area contributed by atoms with Gasteiger partial charge in [-0.2, -0.15) is 0 Å². The van der Waals surface area contributed by atoms with E-state index in [1.54, 1.807) is 12.6 Å². The molecular formula is C22H31IN6OS. The molecule has 0 aliphatic carbocycles. The van der Waals surface area contributed by atoms with Crippen LogP contribution in [0.15, 0.2) is 46.9 Å². The molecule has 7 nitrogen and oxygen atoms in total. The summed E-state index contributed by atoms with van der Waals surface area (Å²) in [5.74, 6) is 0.821. The van der Waals surface area contributed by atoms with Crippen molar-refractivity contribution in [3.63, 3.8) is 0 Å². The second-order valence-electron chi connectivity index (χ2n) is 7.10. The first kappa shape index (κ1) is 25.3. The molecule has 2 heterocycles. The first-order chi connectivity index (χ1) is 14.7. The van der Waals surface area contributed by atoms with Gasteiger partial charge in [0.2, 0.25) is 0 Å². The van der Waals surface area contributed by atoms with Crippen LogP contribution in [-0.4, -0.2) is 79.5 Å². The van der Waals surface area contributed by atoms with E-state index in [-0.39, 0.29) is 29.9 Å². The van der Waals surface area contributed by atoms with E-state index in [0.717, 1.165) is 44.4 Å². The summed E-state index contributed by atoms with van der Waals surface area (Å²) in [5.41, 5.74) is 3.71. The minimum atomic E-state index is -0.0658. The Kier molecular flexibility index (Phi) is 11.0. The van der Waals surface area contributed by atoms with Gasteiger partial charge in [-0.15, -0.1) is 35.3 Å². The predicted octanol–water partition coefficient (Wildman–Crippen LogP) is 2.71. The number of hydrogen-bond acceptors (Lipinski definition) is 5. The number of guanidine groups is 1. The Morgan fingerprint density at radius 1 is 1.16 bits per heavy atom. The maximum absolute atomic E-state index is 12.1. The number of benzene rings is 1. The summed E-state index contributed by atoms with van der Waals surface area (Å²) >= 11 is 1.37. The molecule has 1 fully saturated rings. The standard InChI is InChI=1S/C22H30N6OS.HI/c1-18-20(30-17-26-18)21(29)24-10-11-25-22(23-2)28-15-13-27(14-16-28)12-6-9-19-7-4-3-5-8-19;/h3-9,17H,10-16H2,1-2H3,(H,23,25)(H,24,29);1H/b9-6+;. The van der Waals surface area contributed by atoms with Gasteiger partial charge in [0.1, 0.15) is 4.88 Å². The average Bonchev–Trinajstić information content (AvgIpc) is 3.21. The SMILES string of the molecule is CN=C(NCCNC(=O)c1scnc1C)N1CCN(C/C=C/c2ccccc2)CC1.I. The third-order valence-electron chi connectivity index (χ3n) is 5.00. The zero-order valence-electron chi connectivity index (χ0n) is 18.1. The topological polar surface area (TPSA) is 72.9 Å². The number of piperazine rings is 1. The Morgan fingerprint density at radius 2 is 1.87 bits per heavy atom. The summed E-state index contributed by atoms with van der Waals surface area (Å²) in [7, 11) is 1.80. The summed E-state index contributed by atoms with van der Waals surface area (Å²) in [6.07, 6.45) is 4.40. The minimum Gasteiger partial charge on any atom is -0.354 e. The molecule has 0 bridgehead atoms. The number of thiazole rings is 1. The molecule has 0 spiro atoms. The van der Waals surface area contributed by atoms with Crippen LogP contribution in [0.1, 0.15) is 20.9 Å². The molecule has 0 saturated carbocycles. The average molecular weight is 555 g/mol. The van der Waals surface area contributed by atoms with Crippen molar-refractivity contribution in [3.05, 3.63) is 58.1 Å². The van der Waals surface area contributed by atoms with E-state index in [1.807, 2.05) is 13.0 Å². The fraction of sp³-hybridized carbons (Fsp3) is 0.409. The number of nitrogens with zero attached hydrogens (tertiary/aromatic N) is 4. The van der Waals surface area contributed by atoms with E-state index >= 15 is 0 Å². The molecule has 2 aromatic rings. The zero-order chi connectivity index (χ0) is 21.2. The largest absolute Gasteiger partial charge is 0.354 e. The van der Waals surface area contributed by atoms with E-state index in [9.17, 15) is 4.79 Å². The van der Waals surface area contributed by atoms with Gasteiger partial charge >= 0.3 is 0 Å². The summed E-state index contributed by atoms with van der Waals surface area (Å²) < 4.78 is 0. The van der Waals surface area contributed by atoms with Crippen molar-refractivity contribution in [2.75, 3.05) is 52.9 Å². The molecular weight excluding hydrogens is 523 g/mol. The van der Waals surface area contributed by atoms with Gasteiger partial charge in [-0.05, 0) is 12.5 Å². The van der Waals surface area contributed by atoms with Crippen LogP contribution in [0.2, 0.25) is 0 Å². The van der Waals surface area contributed by atoms with Crippen LogP contribution in [0, 0.1) is 6.92 Å².